The summed E-state index contributed by atoms with van der Waals surface area (Å²) in [6.07, 6.45) is 2.39. The van der Waals surface area contributed by atoms with Gasteiger partial charge in [-0.25, -0.2) is 14.8 Å². The molecule has 1 aromatic carbocycles. The van der Waals surface area contributed by atoms with E-state index in [0.29, 0.717) is 16.3 Å². The van der Waals surface area contributed by atoms with Crippen LogP contribution in [0.4, 0.5) is 11.5 Å². The van der Waals surface area contributed by atoms with Crippen molar-refractivity contribution in [1.29, 1.82) is 5.26 Å². The van der Waals surface area contributed by atoms with Crippen LogP contribution in [0.25, 0.3) is 0 Å². The molecule has 0 aliphatic heterocycles. The van der Waals surface area contributed by atoms with Crippen LogP contribution in [0.2, 0.25) is 5.02 Å². The summed E-state index contributed by atoms with van der Waals surface area (Å²) in [7, 11) is 0. The highest BCUT2D eigenvalue weighted by Crippen LogP contribution is 2.24. The SMILES string of the molecule is N#Cc1ccc(Cl)cc1Nc1ncncc1C(=O)O. The number of nitrogens with zero attached hydrogens (tertiary/aromatic N) is 3. The van der Waals surface area contributed by atoms with Crippen LogP contribution >= 0.6 is 11.6 Å². The Hall–Kier alpha value is -2.65. The predicted octanol–water partition coefficient (Wildman–Crippen LogP) is 2.44. The van der Waals surface area contributed by atoms with E-state index < -0.39 is 5.97 Å². The molecule has 0 bridgehead atoms. The van der Waals surface area contributed by atoms with Crippen LogP contribution in [0.1, 0.15) is 15.9 Å². The predicted molar refractivity (Wildman–Crippen MR) is 68.4 cm³/mol. The fourth-order valence-corrected chi connectivity index (χ4v) is 1.60. The van der Waals surface area contributed by atoms with E-state index in [1.165, 1.54) is 24.7 Å². The Bertz CT molecular complexity index is 682. The van der Waals surface area contributed by atoms with Crippen molar-refractivity contribution in [3.8, 4) is 6.07 Å². The van der Waals surface area contributed by atoms with Crippen LogP contribution in [0.5, 0.6) is 0 Å². The summed E-state index contributed by atoms with van der Waals surface area (Å²) in [5, 5.41) is 21.2. The Kier molecular flexibility index (Phi) is 3.59. The highest BCUT2D eigenvalue weighted by atomic mass is 35.5. The van der Waals surface area contributed by atoms with E-state index in [1.807, 2.05) is 6.07 Å². The lowest BCUT2D eigenvalue weighted by molar-refractivity contribution is 0.0697. The minimum atomic E-state index is -1.16. The average molecular weight is 275 g/mol. The summed E-state index contributed by atoms with van der Waals surface area (Å²) in [4.78, 5) is 18.5. The molecule has 7 heteroatoms. The molecule has 0 fully saturated rings. The third-order valence-corrected chi connectivity index (χ3v) is 2.53. The van der Waals surface area contributed by atoms with E-state index >= 15 is 0 Å². The van der Waals surface area contributed by atoms with Crippen LogP contribution in [0, 0.1) is 11.3 Å². The fraction of sp³-hybridized carbons (Fsp3) is 0. The van der Waals surface area contributed by atoms with Gasteiger partial charge in [-0.1, -0.05) is 11.6 Å². The largest absolute Gasteiger partial charge is 0.477 e. The number of carboxylic acid groups (broad SMARTS) is 1. The van der Waals surface area contributed by atoms with Gasteiger partial charge in [0.2, 0.25) is 0 Å². The Morgan fingerprint density at radius 1 is 1.47 bits per heavy atom. The lowest BCUT2D eigenvalue weighted by Gasteiger charge is -2.09. The summed E-state index contributed by atoms with van der Waals surface area (Å²) < 4.78 is 0. The molecular weight excluding hydrogens is 268 g/mol. The van der Waals surface area contributed by atoms with E-state index in [-0.39, 0.29) is 11.4 Å². The van der Waals surface area contributed by atoms with Crippen molar-refractivity contribution in [2.75, 3.05) is 5.32 Å². The number of hydrogen-bond donors (Lipinski definition) is 2. The second-order valence-corrected chi connectivity index (χ2v) is 3.95. The van der Waals surface area contributed by atoms with Crippen LogP contribution in [0.15, 0.2) is 30.7 Å². The van der Waals surface area contributed by atoms with Gasteiger partial charge >= 0.3 is 5.97 Å². The molecule has 1 aromatic heterocycles. The normalized spacial score (nSPS) is 9.68. The summed E-state index contributed by atoms with van der Waals surface area (Å²) in [6, 6.07) is 6.61. The lowest BCUT2D eigenvalue weighted by atomic mass is 10.2. The minimum Gasteiger partial charge on any atom is -0.477 e. The number of hydrogen-bond acceptors (Lipinski definition) is 5. The number of halogens is 1. The van der Waals surface area contributed by atoms with Crippen LogP contribution in [0.3, 0.4) is 0 Å². The number of carbonyl (C=O) groups is 1. The highest BCUT2D eigenvalue weighted by molar-refractivity contribution is 6.30. The van der Waals surface area contributed by atoms with Gasteiger partial charge in [-0.3, -0.25) is 0 Å². The number of nitrogens with one attached hydrogen (secondary N) is 1. The topological polar surface area (TPSA) is 98.9 Å². The van der Waals surface area contributed by atoms with Crippen molar-refractivity contribution < 1.29 is 9.90 Å². The fourth-order valence-electron chi connectivity index (χ4n) is 1.43. The molecule has 0 unspecified atom stereocenters. The van der Waals surface area contributed by atoms with Gasteiger partial charge in [0.1, 0.15) is 23.8 Å². The Labute approximate surface area is 113 Å². The third-order valence-electron chi connectivity index (χ3n) is 2.30. The van der Waals surface area contributed by atoms with Crippen LogP contribution < -0.4 is 5.32 Å². The molecule has 0 aliphatic carbocycles. The smallest absolute Gasteiger partial charge is 0.341 e. The van der Waals surface area contributed by atoms with Crippen molar-refractivity contribution in [1.82, 2.24) is 9.97 Å². The first kappa shape index (κ1) is 12.8. The first-order valence-corrected chi connectivity index (χ1v) is 5.49. The number of aromatic carboxylic acids is 1. The Balaban J connectivity index is 2.45. The third kappa shape index (κ3) is 2.78. The number of carboxylic acids is 1. The quantitative estimate of drug-likeness (QED) is 0.892. The van der Waals surface area contributed by atoms with Gasteiger partial charge in [-0.05, 0) is 18.2 Å². The number of aromatic nitrogens is 2. The monoisotopic (exact) mass is 274 g/mol. The van der Waals surface area contributed by atoms with Crippen LogP contribution in [-0.4, -0.2) is 21.0 Å². The zero-order chi connectivity index (χ0) is 13.8. The zero-order valence-corrected chi connectivity index (χ0v) is 10.2. The molecule has 6 nitrogen and oxygen atoms in total. The molecule has 2 N–H and O–H groups in total. The van der Waals surface area contributed by atoms with E-state index in [4.69, 9.17) is 22.0 Å². The number of anilines is 2. The molecule has 0 aliphatic rings. The molecule has 19 heavy (non-hydrogen) atoms. The van der Waals surface area contributed by atoms with E-state index in [9.17, 15) is 4.79 Å². The zero-order valence-electron chi connectivity index (χ0n) is 9.46. The van der Waals surface area contributed by atoms with Gasteiger partial charge in [0.05, 0.1) is 11.3 Å². The van der Waals surface area contributed by atoms with E-state index in [0.717, 1.165) is 0 Å². The van der Waals surface area contributed by atoms with Gasteiger partial charge in [0, 0.05) is 11.2 Å². The standard InChI is InChI=1S/C12H7ClN4O2/c13-8-2-1-7(4-14)10(3-8)17-11-9(12(18)19)5-15-6-16-11/h1-3,5-6H,(H,18,19)(H,15,16,17). The Morgan fingerprint density at radius 2 is 2.26 bits per heavy atom. The van der Waals surface area contributed by atoms with Crippen molar-refractivity contribution in [3.05, 3.63) is 46.9 Å². The molecule has 0 saturated carbocycles. The van der Waals surface area contributed by atoms with Crippen molar-refractivity contribution >= 4 is 29.1 Å². The molecule has 2 aromatic rings. The summed E-state index contributed by atoms with van der Waals surface area (Å²) in [5.74, 6) is -1.06. The molecule has 0 saturated heterocycles. The molecule has 0 radical (unpaired) electrons. The van der Waals surface area contributed by atoms with Gasteiger partial charge < -0.3 is 10.4 Å². The molecule has 94 valence electrons. The molecule has 2 rings (SSSR count). The summed E-state index contributed by atoms with van der Waals surface area (Å²) in [5.41, 5.74) is 0.627. The van der Waals surface area contributed by atoms with Gasteiger partial charge in [-0.2, -0.15) is 5.26 Å². The van der Waals surface area contributed by atoms with Gasteiger partial charge in [-0.15, -0.1) is 0 Å². The molecule has 0 atom stereocenters. The molecule has 0 spiro atoms. The molecular formula is C12H7ClN4O2. The molecule has 1 heterocycles. The van der Waals surface area contributed by atoms with E-state index in [1.54, 1.807) is 6.07 Å². The number of rotatable bonds is 3. The number of benzene rings is 1. The minimum absolute atomic E-state index is 0.0913. The summed E-state index contributed by atoms with van der Waals surface area (Å²) >= 11 is 5.84. The number of nitriles is 1. The Morgan fingerprint density at radius 3 is 2.95 bits per heavy atom. The van der Waals surface area contributed by atoms with Crippen LogP contribution in [-0.2, 0) is 0 Å². The second kappa shape index (κ2) is 5.33. The second-order valence-electron chi connectivity index (χ2n) is 3.52. The van der Waals surface area contributed by atoms with Crippen molar-refractivity contribution in [3.63, 3.8) is 0 Å². The maximum Gasteiger partial charge on any atom is 0.341 e. The lowest BCUT2D eigenvalue weighted by Crippen LogP contribution is -2.06. The van der Waals surface area contributed by atoms with Crippen molar-refractivity contribution in [2.45, 2.75) is 0 Å². The highest BCUT2D eigenvalue weighted by Gasteiger charge is 2.13. The first-order valence-electron chi connectivity index (χ1n) is 5.12. The average Bonchev–Trinajstić information content (AvgIpc) is 2.39. The van der Waals surface area contributed by atoms with E-state index in [2.05, 4.69) is 15.3 Å². The molecule has 0 amide bonds. The van der Waals surface area contributed by atoms with Crippen molar-refractivity contribution in [2.24, 2.45) is 0 Å². The summed E-state index contributed by atoms with van der Waals surface area (Å²) in [6.45, 7) is 0. The maximum absolute atomic E-state index is 11.0. The maximum atomic E-state index is 11.0. The van der Waals surface area contributed by atoms with Gasteiger partial charge in [0.25, 0.3) is 0 Å². The first-order chi connectivity index (χ1) is 9.11. The van der Waals surface area contributed by atoms with Gasteiger partial charge in [0.15, 0.2) is 0 Å².